The van der Waals surface area contributed by atoms with Gasteiger partial charge in [0.15, 0.2) is 10.9 Å². The molecule has 0 saturated carbocycles. The van der Waals surface area contributed by atoms with Crippen molar-refractivity contribution in [2.45, 2.75) is 25.9 Å². The molecule has 1 aromatic carbocycles. The molecule has 0 spiro atoms. The summed E-state index contributed by atoms with van der Waals surface area (Å²) in [4.78, 5) is 19.0. The molecule has 27 heavy (non-hydrogen) atoms. The zero-order chi connectivity index (χ0) is 19.1. The highest BCUT2D eigenvalue weighted by atomic mass is 32.1. The maximum atomic E-state index is 14.1. The summed E-state index contributed by atoms with van der Waals surface area (Å²) in [6.07, 6.45) is 1.65. The number of thiazole rings is 1. The largest absolute Gasteiger partial charge is 0.376 e. The molecule has 1 aliphatic rings. The van der Waals surface area contributed by atoms with E-state index in [0.717, 1.165) is 35.9 Å². The number of hydrogen-bond acceptors (Lipinski definition) is 5. The number of halogens is 2. The van der Waals surface area contributed by atoms with Crippen molar-refractivity contribution >= 4 is 32.6 Å². The fourth-order valence-corrected chi connectivity index (χ4v) is 4.26. The molecule has 1 saturated heterocycles. The molecule has 6 nitrogen and oxygen atoms in total. The molecule has 1 atom stereocenters. The SMILES string of the molecule is Cc1cc(C(=O)N(C[C@H]2CCCO2)c2nc3c(F)cc(F)cc3s2)n(C)n1. The zero-order valence-electron chi connectivity index (χ0n) is 14.9. The van der Waals surface area contributed by atoms with Gasteiger partial charge in [0.25, 0.3) is 5.91 Å². The van der Waals surface area contributed by atoms with Crippen molar-refractivity contribution in [3.05, 3.63) is 41.2 Å². The first kappa shape index (κ1) is 18.0. The first-order chi connectivity index (χ1) is 12.9. The molecule has 0 N–H and O–H groups in total. The van der Waals surface area contributed by atoms with Crippen LogP contribution in [0.5, 0.6) is 0 Å². The fourth-order valence-electron chi connectivity index (χ4n) is 3.25. The second-order valence-electron chi connectivity index (χ2n) is 6.58. The minimum Gasteiger partial charge on any atom is -0.376 e. The highest BCUT2D eigenvalue weighted by Gasteiger charge is 2.29. The van der Waals surface area contributed by atoms with Gasteiger partial charge in [-0.05, 0) is 31.9 Å². The number of benzene rings is 1. The van der Waals surface area contributed by atoms with E-state index in [1.165, 1.54) is 15.6 Å². The maximum Gasteiger partial charge on any atom is 0.278 e. The lowest BCUT2D eigenvalue weighted by Gasteiger charge is -2.22. The normalized spacial score (nSPS) is 17.0. The standard InChI is InChI=1S/C18H18F2N4O2S/c1-10-6-14(23(2)22-10)17(25)24(9-12-4-3-5-26-12)18-21-16-13(20)7-11(19)8-15(16)27-18/h6-8,12H,3-5,9H2,1-2H3/t12-/m1/s1. The number of carbonyl (C=O) groups excluding carboxylic acids is 1. The summed E-state index contributed by atoms with van der Waals surface area (Å²) < 4.78 is 35.2. The van der Waals surface area contributed by atoms with Crippen molar-refractivity contribution in [3.8, 4) is 0 Å². The third-order valence-electron chi connectivity index (χ3n) is 4.51. The number of amides is 1. The second-order valence-corrected chi connectivity index (χ2v) is 7.59. The smallest absolute Gasteiger partial charge is 0.278 e. The lowest BCUT2D eigenvalue weighted by atomic mass is 10.2. The summed E-state index contributed by atoms with van der Waals surface area (Å²) in [5.74, 6) is -1.71. The molecule has 0 aliphatic carbocycles. The summed E-state index contributed by atoms with van der Waals surface area (Å²) in [6.45, 7) is 2.75. The summed E-state index contributed by atoms with van der Waals surface area (Å²) in [5, 5.41) is 4.53. The summed E-state index contributed by atoms with van der Waals surface area (Å²) in [5.41, 5.74) is 1.18. The van der Waals surface area contributed by atoms with Crippen LogP contribution in [0, 0.1) is 18.6 Å². The van der Waals surface area contributed by atoms with Gasteiger partial charge in [-0.15, -0.1) is 0 Å². The van der Waals surface area contributed by atoms with Gasteiger partial charge in [0, 0.05) is 19.7 Å². The van der Waals surface area contributed by atoms with Gasteiger partial charge >= 0.3 is 0 Å². The molecule has 0 unspecified atom stereocenters. The number of aryl methyl sites for hydroxylation is 2. The predicted octanol–water partition coefficient (Wildman–Crippen LogP) is 3.44. The molecule has 3 heterocycles. The first-order valence-corrected chi connectivity index (χ1v) is 9.43. The van der Waals surface area contributed by atoms with Crippen LogP contribution >= 0.6 is 11.3 Å². The van der Waals surface area contributed by atoms with Gasteiger partial charge in [0.05, 0.1) is 23.0 Å². The number of anilines is 1. The van der Waals surface area contributed by atoms with E-state index in [-0.39, 0.29) is 17.5 Å². The Hall–Kier alpha value is -2.39. The minimum absolute atomic E-state index is 0.0581. The van der Waals surface area contributed by atoms with Crippen molar-refractivity contribution in [1.29, 1.82) is 0 Å². The Bertz CT molecular complexity index is 1010. The van der Waals surface area contributed by atoms with E-state index in [2.05, 4.69) is 10.1 Å². The van der Waals surface area contributed by atoms with E-state index in [4.69, 9.17) is 4.74 Å². The van der Waals surface area contributed by atoms with Crippen LogP contribution < -0.4 is 4.90 Å². The molecule has 4 rings (SSSR count). The van der Waals surface area contributed by atoms with Gasteiger partial charge in [-0.1, -0.05) is 11.3 Å². The highest BCUT2D eigenvalue weighted by Crippen LogP contribution is 2.32. The third kappa shape index (κ3) is 3.44. The van der Waals surface area contributed by atoms with Crippen molar-refractivity contribution in [1.82, 2.24) is 14.8 Å². The summed E-state index contributed by atoms with van der Waals surface area (Å²) >= 11 is 1.08. The molecular weight excluding hydrogens is 374 g/mol. The average molecular weight is 392 g/mol. The lowest BCUT2D eigenvalue weighted by molar-refractivity contribution is 0.0909. The number of ether oxygens (including phenoxy) is 1. The Morgan fingerprint density at radius 2 is 2.22 bits per heavy atom. The van der Waals surface area contributed by atoms with Crippen LogP contribution in [0.15, 0.2) is 18.2 Å². The molecule has 9 heteroatoms. The quantitative estimate of drug-likeness (QED) is 0.682. The van der Waals surface area contributed by atoms with E-state index in [1.54, 1.807) is 20.0 Å². The monoisotopic (exact) mass is 392 g/mol. The molecule has 0 radical (unpaired) electrons. The first-order valence-electron chi connectivity index (χ1n) is 8.62. The zero-order valence-corrected chi connectivity index (χ0v) is 15.7. The number of rotatable bonds is 4. The molecule has 2 aromatic heterocycles. The van der Waals surface area contributed by atoms with Crippen LogP contribution in [-0.4, -0.2) is 39.9 Å². The van der Waals surface area contributed by atoms with Gasteiger partial charge in [-0.25, -0.2) is 13.8 Å². The van der Waals surface area contributed by atoms with Crippen LogP contribution in [-0.2, 0) is 11.8 Å². The van der Waals surface area contributed by atoms with Crippen molar-refractivity contribution in [2.24, 2.45) is 7.05 Å². The van der Waals surface area contributed by atoms with E-state index in [9.17, 15) is 13.6 Å². The van der Waals surface area contributed by atoms with Crippen LogP contribution in [0.25, 0.3) is 10.2 Å². The van der Waals surface area contributed by atoms with E-state index < -0.39 is 11.6 Å². The Morgan fingerprint density at radius 3 is 2.89 bits per heavy atom. The Labute approximate surface area is 158 Å². The van der Waals surface area contributed by atoms with Crippen molar-refractivity contribution in [3.63, 3.8) is 0 Å². The van der Waals surface area contributed by atoms with Crippen LogP contribution in [0.2, 0.25) is 0 Å². The second kappa shape index (κ2) is 6.97. The molecule has 3 aromatic rings. The van der Waals surface area contributed by atoms with Gasteiger partial charge in [-0.3, -0.25) is 14.4 Å². The lowest BCUT2D eigenvalue weighted by Crippen LogP contribution is -2.38. The predicted molar refractivity (Wildman–Crippen MR) is 98.1 cm³/mol. The van der Waals surface area contributed by atoms with E-state index in [1.807, 2.05) is 0 Å². The molecule has 1 aliphatic heterocycles. The summed E-state index contributed by atoms with van der Waals surface area (Å²) in [7, 11) is 1.69. The van der Waals surface area contributed by atoms with Crippen LogP contribution in [0.4, 0.5) is 13.9 Å². The van der Waals surface area contributed by atoms with Crippen molar-refractivity contribution < 1.29 is 18.3 Å². The topological polar surface area (TPSA) is 60.3 Å². The molecule has 0 bridgehead atoms. The maximum absolute atomic E-state index is 14.1. The highest BCUT2D eigenvalue weighted by molar-refractivity contribution is 7.22. The van der Waals surface area contributed by atoms with Gasteiger partial charge in [-0.2, -0.15) is 5.10 Å². The Kier molecular flexibility index (Phi) is 4.65. The third-order valence-corrected chi connectivity index (χ3v) is 5.53. The molecule has 1 fully saturated rings. The van der Waals surface area contributed by atoms with E-state index in [0.29, 0.717) is 28.7 Å². The van der Waals surface area contributed by atoms with E-state index >= 15 is 0 Å². The number of carbonyl (C=O) groups is 1. The number of aromatic nitrogens is 3. The van der Waals surface area contributed by atoms with Crippen LogP contribution in [0.1, 0.15) is 29.0 Å². The molecular formula is C18H18F2N4O2S. The van der Waals surface area contributed by atoms with Crippen LogP contribution in [0.3, 0.4) is 0 Å². The minimum atomic E-state index is -0.742. The average Bonchev–Trinajstić information content (AvgIpc) is 3.32. The number of hydrogen-bond donors (Lipinski definition) is 0. The van der Waals surface area contributed by atoms with Crippen molar-refractivity contribution in [2.75, 3.05) is 18.1 Å². The fraction of sp³-hybridized carbons (Fsp3) is 0.389. The molecule has 1 amide bonds. The Morgan fingerprint density at radius 1 is 1.41 bits per heavy atom. The van der Waals surface area contributed by atoms with Gasteiger partial charge in [0.2, 0.25) is 0 Å². The summed E-state index contributed by atoms with van der Waals surface area (Å²) in [6, 6.07) is 3.71. The van der Waals surface area contributed by atoms with Gasteiger partial charge in [0.1, 0.15) is 17.0 Å². The number of nitrogens with zero attached hydrogens (tertiary/aromatic N) is 4. The van der Waals surface area contributed by atoms with Gasteiger partial charge < -0.3 is 4.74 Å². The molecule has 142 valence electrons. The Balaban J connectivity index is 1.76. The number of fused-ring (bicyclic) bond motifs is 1.